The summed E-state index contributed by atoms with van der Waals surface area (Å²) in [5, 5.41) is 0.534. The van der Waals surface area contributed by atoms with E-state index >= 15 is 0 Å². The maximum absolute atomic E-state index is 11.2. The topological polar surface area (TPSA) is 34.1 Å². The summed E-state index contributed by atoms with van der Waals surface area (Å²) < 4.78 is 11.2. The molecule has 12 heavy (non-hydrogen) atoms. The second kappa shape index (κ2) is 4.38. The molecule has 4 heteroatoms. The minimum atomic E-state index is -1.25. The first-order valence-corrected chi connectivity index (χ1v) is 5.01. The third-order valence-corrected chi connectivity index (χ3v) is 2.73. The molecular weight excluding hydrogens is 196 g/mol. The van der Waals surface area contributed by atoms with Crippen molar-refractivity contribution in [2.24, 2.45) is 0 Å². The van der Waals surface area contributed by atoms with E-state index in [0.29, 0.717) is 16.2 Å². The maximum atomic E-state index is 11.2. The molecule has 64 valence electrons. The quantitative estimate of drug-likeness (QED) is 0.699. The molecule has 1 aromatic carbocycles. The molecule has 0 amide bonds. The second-order valence-corrected chi connectivity index (χ2v) is 4.07. The van der Waals surface area contributed by atoms with E-state index in [-0.39, 0.29) is 5.75 Å². The summed E-state index contributed by atoms with van der Waals surface area (Å²) in [6.45, 7) is 0. The molecule has 0 aromatic heterocycles. The van der Waals surface area contributed by atoms with Gasteiger partial charge >= 0.3 is 0 Å². The summed E-state index contributed by atoms with van der Waals surface area (Å²) in [5.41, 5.74) is 0. The van der Waals surface area contributed by atoms with Gasteiger partial charge < -0.3 is 4.79 Å². The molecule has 2 nitrogen and oxygen atoms in total. The molecule has 1 atom stereocenters. The molecule has 0 saturated heterocycles. The van der Waals surface area contributed by atoms with Gasteiger partial charge in [-0.2, -0.15) is 0 Å². The van der Waals surface area contributed by atoms with Crippen molar-refractivity contribution in [3.63, 3.8) is 0 Å². The fourth-order valence-electron chi connectivity index (χ4n) is 0.767. The van der Waals surface area contributed by atoms with Crippen molar-refractivity contribution in [1.29, 1.82) is 0 Å². The van der Waals surface area contributed by atoms with Gasteiger partial charge in [0.1, 0.15) is 6.29 Å². The fraction of sp³-hybridized carbons (Fsp3) is 0.125. The molecule has 0 bridgehead atoms. The van der Waals surface area contributed by atoms with Gasteiger partial charge in [-0.1, -0.05) is 17.7 Å². The lowest BCUT2D eigenvalue weighted by atomic mass is 10.4. The number of carbonyl (C=O) groups excluding carboxylic acids is 1. The van der Waals surface area contributed by atoms with Crippen molar-refractivity contribution in [2.45, 2.75) is 4.90 Å². The Bertz CT molecular complexity index is 312. The van der Waals surface area contributed by atoms with Crippen LogP contribution >= 0.6 is 11.6 Å². The molecule has 0 N–H and O–H groups in total. The minimum Gasteiger partial charge on any atom is -0.302 e. The predicted molar refractivity (Wildman–Crippen MR) is 48.8 cm³/mol. The maximum Gasteiger partial charge on any atom is 0.132 e. The van der Waals surface area contributed by atoms with Crippen LogP contribution in [-0.4, -0.2) is 16.2 Å². The first-order chi connectivity index (χ1) is 5.74. The highest BCUT2D eigenvalue weighted by Gasteiger charge is 2.01. The molecule has 1 rings (SSSR count). The highest BCUT2D eigenvalue weighted by Crippen LogP contribution is 2.13. The average molecular weight is 203 g/mol. The Labute approximate surface area is 78.0 Å². The lowest BCUT2D eigenvalue weighted by Gasteiger charge is -1.97. The van der Waals surface area contributed by atoms with E-state index in [4.69, 9.17) is 11.6 Å². The zero-order chi connectivity index (χ0) is 8.97. The van der Waals surface area contributed by atoms with Crippen LogP contribution in [0.4, 0.5) is 0 Å². The predicted octanol–water partition coefficient (Wildman–Crippen LogP) is 1.65. The number of rotatable bonds is 3. The van der Waals surface area contributed by atoms with Crippen LogP contribution in [0.15, 0.2) is 29.2 Å². The van der Waals surface area contributed by atoms with E-state index in [1.165, 1.54) is 0 Å². The standard InChI is InChI=1S/C8H7ClO2S/c9-7-2-1-3-8(6-7)12(11)5-4-10/h1-4,6H,5H2. The van der Waals surface area contributed by atoms with Crippen LogP contribution in [0.25, 0.3) is 0 Å². The van der Waals surface area contributed by atoms with Gasteiger partial charge in [-0.25, -0.2) is 0 Å². The van der Waals surface area contributed by atoms with Crippen molar-refractivity contribution in [2.75, 3.05) is 5.75 Å². The van der Waals surface area contributed by atoms with Crippen molar-refractivity contribution in [3.05, 3.63) is 29.3 Å². The van der Waals surface area contributed by atoms with E-state index in [9.17, 15) is 9.00 Å². The highest BCUT2D eigenvalue weighted by molar-refractivity contribution is 7.85. The van der Waals surface area contributed by atoms with E-state index in [0.717, 1.165) is 0 Å². The normalized spacial score (nSPS) is 12.4. The molecule has 0 aliphatic carbocycles. The molecule has 1 aromatic rings. The van der Waals surface area contributed by atoms with Crippen molar-refractivity contribution < 1.29 is 9.00 Å². The van der Waals surface area contributed by atoms with Crippen LogP contribution in [0.3, 0.4) is 0 Å². The van der Waals surface area contributed by atoms with Crippen LogP contribution in [0.5, 0.6) is 0 Å². The Morgan fingerprint density at radius 3 is 2.83 bits per heavy atom. The van der Waals surface area contributed by atoms with Gasteiger partial charge in [0.25, 0.3) is 0 Å². The number of hydrogen-bond donors (Lipinski definition) is 0. The van der Waals surface area contributed by atoms with Gasteiger partial charge in [-0.3, -0.25) is 4.21 Å². The molecule has 0 aliphatic heterocycles. The van der Waals surface area contributed by atoms with Gasteiger partial charge in [-0.15, -0.1) is 0 Å². The molecule has 0 heterocycles. The Morgan fingerprint density at radius 1 is 1.50 bits per heavy atom. The number of aldehydes is 1. The summed E-state index contributed by atoms with van der Waals surface area (Å²) in [5.74, 6) is 0.0281. The third-order valence-electron chi connectivity index (χ3n) is 1.28. The van der Waals surface area contributed by atoms with Crippen molar-refractivity contribution in [3.8, 4) is 0 Å². The third kappa shape index (κ3) is 2.43. The Balaban J connectivity index is 2.87. The average Bonchev–Trinajstić information content (AvgIpc) is 2.05. The Morgan fingerprint density at radius 2 is 2.25 bits per heavy atom. The van der Waals surface area contributed by atoms with E-state index in [1.54, 1.807) is 24.3 Å². The van der Waals surface area contributed by atoms with E-state index in [2.05, 4.69) is 0 Å². The molecule has 0 radical (unpaired) electrons. The molecule has 0 saturated carbocycles. The number of hydrogen-bond acceptors (Lipinski definition) is 2. The summed E-state index contributed by atoms with van der Waals surface area (Å²) in [6, 6.07) is 6.69. The molecule has 0 fully saturated rings. The monoisotopic (exact) mass is 202 g/mol. The summed E-state index contributed by atoms with van der Waals surface area (Å²) in [4.78, 5) is 10.6. The fourth-order valence-corrected chi connectivity index (χ4v) is 1.83. The largest absolute Gasteiger partial charge is 0.302 e. The smallest absolute Gasteiger partial charge is 0.132 e. The zero-order valence-electron chi connectivity index (χ0n) is 6.20. The van der Waals surface area contributed by atoms with Crippen LogP contribution in [0.2, 0.25) is 5.02 Å². The number of benzene rings is 1. The van der Waals surface area contributed by atoms with Crippen molar-refractivity contribution >= 4 is 28.7 Å². The minimum absolute atomic E-state index is 0.0281. The first-order valence-electron chi connectivity index (χ1n) is 3.31. The van der Waals surface area contributed by atoms with Gasteiger partial charge in [0, 0.05) is 9.92 Å². The van der Waals surface area contributed by atoms with Crippen LogP contribution in [-0.2, 0) is 15.6 Å². The Hall–Kier alpha value is -0.670. The first kappa shape index (κ1) is 9.42. The van der Waals surface area contributed by atoms with Crippen molar-refractivity contribution in [1.82, 2.24) is 0 Å². The lowest BCUT2D eigenvalue weighted by Crippen LogP contribution is -1.98. The van der Waals surface area contributed by atoms with E-state index < -0.39 is 10.8 Å². The van der Waals surface area contributed by atoms with Gasteiger partial charge in [-0.05, 0) is 18.2 Å². The van der Waals surface area contributed by atoms with Crippen LogP contribution < -0.4 is 0 Å². The zero-order valence-corrected chi connectivity index (χ0v) is 7.77. The van der Waals surface area contributed by atoms with Crippen LogP contribution in [0.1, 0.15) is 0 Å². The molecular formula is C8H7ClO2S. The lowest BCUT2D eigenvalue weighted by molar-refractivity contribution is -0.105. The number of carbonyl (C=O) groups is 1. The van der Waals surface area contributed by atoms with Gasteiger partial charge in [0.2, 0.25) is 0 Å². The SMILES string of the molecule is O=CCS(=O)c1cccc(Cl)c1. The van der Waals surface area contributed by atoms with Crippen LogP contribution in [0, 0.1) is 0 Å². The summed E-state index contributed by atoms with van der Waals surface area (Å²) >= 11 is 5.67. The van der Waals surface area contributed by atoms with Gasteiger partial charge in [0.15, 0.2) is 0 Å². The molecule has 0 spiro atoms. The molecule has 1 unspecified atom stereocenters. The number of halogens is 1. The highest BCUT2D eigenvalue weighted by atomic mass is 35.5. The molecule has 0 aliphatic rings. The summed E-state index contributed by atoms with van der Waals surface area (Å²) in [6.07, 6.45) is 0.636. The van der Waals surface area contributed by atoms with Gasteiger partial charge in [0.05, 0.1) is 16.6 Å². The second-order valence-electron chi connectivity index (χ2n) is 2.14. The summed E-state index contributed by atoms with van der Waals surface area (Å²) in [7, 11) is -1.25. The van der Waals surface area contributed by atoms with E-state index in [1.807, 2.05) is 0 Å². The Kier molecular flexibility index (Phi) is 3.44.